The molecule has 0 radical (unpaired) electrons. The highest BCUT2D eigenvalue weighted by Crippen LogP contribution is 2.29. The summed E-state index contributed by atoms with van der Waals surface area (Å²) < 4.78 is 7.93. The molecule has 2 heterocycles. The van der Waals surface area contributed by atoms with Crippen LogP contribution >= 0.6 is 0 Å². The molecule has 4 rings (SSSR count). The first kappa shape index (κ1) is 22.4. The van der Waals surface area contributed by atoms with Crippen LogP contribution in [0.5, 0.6) is 5.75 Å². The van der Waals surface area contributed by atoms with Crippen LogP contribution in [0.3, 0.4) is 0 Å². The molecule has 0 spiro atoms. The monoisotopic (exact) mass is 435 g/mol. The molecule has 1 saturated heterocycles. The zero-order chi connectivity index (χ0) is 22.5. The summed E-state index contributed by atoms with van der Waals surface area (Å²) in [6.07, 6.45) is 6.89. The van der Waals surface area contributed by atoms with Crippen molar-refractivity contribution in [2.45, 2.75) is 38.1 Å². The van der Waals surface area contributed by atoms with Gasteiger partial charge in [0, 0.05) is 49.6 Å². The van der Waals surface area contributed by atoms with Crippen molar-refractivity contribution in [3.05, 3.63) is 65.4 Å². The van der Waals surface area contributed by atoms with Gasteiger partial charge in [-0.25, -0.2) is 0 Å². The van der Waals surface area contributed by atoms with Crippen molar-refractivity contribution in [3.63, 3.8) is 0 Å². The number of fused-ring (bicyclic) bond motifs is 1. The molecule has 1 aliphatic heterocycles. The lowest BCUT2D eigenvalue weighted by atomic mass is 9.98. The third kappa shape index (κ3) is 4.81. The Kier molecular flexibility index (Phi) is 7.12. The number of aliphatic hydroxyl groups is 1. The lowest BCUT2D eigenvalue weighted by Crippen LogP contribution is -2.36. The number of aryl methyl sites for hydroxylation is 1. The molecular formula is C26H33N3O3. The summed E-state index contributed by atoms with van der Waals surface area (Å²) in [7, 11) is 1.73. The molecule has 1 aliphatic rings. The molecule has 3 N–H and O–H groups in total. The third-order valence-electron chi connectivity index (χ3n) is 6.69. The maximum Gasteiger partial charge on any atom is 0.248 e. The van der Waals surface area contributed by atoms with Gasteiger partial charge >= 0.3 is 0 Å². The highest BCUT2D eigenvalue weighted by atomic mass is 16.5. The summed E-state index contributed by atoms with van der Waals surface area (Å²) in [4.78, 5) is 14.1. The Morgan fingerprint density at radius 2 is 1.97 bits per heavy atom. The van der Waals surface area contributed by atoms with Crippen LogP contribution in [0.4, 0.5) is 0 Å². The van der Waals surface area contributed by atoms with Crippen LogP contribution in [0.25, 0.3) is 10.9 Å². The van der Waals surface area contributed by atoms with Crippen LogP contribution in [0.2, 0.25) is 0 Å². The Balaban J connectivity index is 1.40. The van der Waals surface area contributed by atoms with Gasteiger partial charge in [0.1, 0.15) is 5.75 Å². The lowest BCUT2D eigenvalue weighted by molar-refractivity contribution is 0.100. The van der Waals surface area contributed by atoms with Gasteiger partial charge < -0.3 is 25.0 Å². The largest absolute Gasteiger partial charge is 0.496 e. The topological polar surface area (TPSA) is 80.7 Å². The number of aromatic nitrogens is 1. The van der Waals surface area contributed by atoms with E-state index in [-0.39, 0.29) is 12.5 Å². The van der Waals surface area contributed by atoms with Crippen LogP contribution in [0.15, 0.2) is 48.7 Å². The van der Waals surface area contributed by atoms with Crippen LogP contribution in [0, 0.1) is 0 Å². The van der Waals surface area contributed by atoms with E-state index in [4.69, 9.17) is 10.5 Å². The third-order valence-corrected chi connectivity index (χ3v) is 6.69. The Bertz CT molecular complexity index is 1070. The fraction of sp³-hybridized carbons (Fsp3) is 0.423. The molecule has 0 unspecified atom stereocenters. The number of carbonyl (C=O) groups is 1. The zero-order valence-corrected chi connectivity index (χ0v) is 18.8. The lowest BCUT2D eigenvalue weighted by Gasteiger charge is -2.33. The molecule has 0 atom stereocenters. The highest BCUT2D eigenvalue weighted by Gasteiger charge is 2.22. The number of hydrogen-bond donors (Lipinski definition) is 2. The van der Waals surface area contributed by atoms with Gasteiger partial charge in [-0.15, -0.1) is 0 Å². The highest BCUT2D eigenvalue weighted by molar-refractivity contribution is 5.97. The van der Waals surface area contributed by atoms with Gasteiger partial charge in [0.25, 0.3) is 0 Å². The summed E-state index contributed by atoms with van der Waals surface area (Å²) in [5.74, 6) is 0.559. The van der Waals surface area contributed by atoms with Crippen molar-refractivity contribution in [3.8, 4) is 5.75 Å². The summed E-state index contributed by atoms with van der Waals surface area (Å²) in [5, 5.41) is 10.4. The Morgan fingerprint density at radius 1 is 1.16 bits per heavy atom. The van der Waals surface area contributed by atoms with Crippen molar-refractivity contribution in [2.75, 3.05) is 33.4 Å². The molecule has 1 aromatic heterocycles. The van der Waals surface area contributed by atoms with E-state index in [1.54, 1.807) is 13.2 Å². The van der Waals surface area contributed by atoms with Gasteiger partial charge in [0.2, 0.25) is 5.91 Å². The van der Waals surface area contributed by atoms with Crippen LogP contribution < -0.4 is 10.5 Å². The average molecular weight is 436 g/mol. The maximum absolute atomic E-state index is 11.6. The summed E-state index contributed by atoms with van der Waals surface area (Å²) in [6, 6.07) is 14.4. The van der Waals surface area contributed by atoms with Crippen molar-refractivity contribution >= 4 is 16.8 Å². The molecule has 0 aliphatic carbocycles. The van der Waals surface area contributed by atoms with E-state index < -0.39 is 0 Å². The van der Waals surface area contributed by atoms with Crippen LogP contribution in [0.1, 0.15) is 46.8 Å². The number of piperidine rings is 1. The minimum atomic E-state index is -0.385. The second-order valence-corrected chi connectivity index (χ2v) is 8.61. The molecule has 6 heteroatoms. The first-order valence-electron chi connectivity index (χ1n) is 11.5. The van der Waals surface area contributed by atoms with Gasteiger partial charge in [0.05, 0.1) is 7.11 Å². The molecule has 1 fully saturated rings. The number of primary amides is 1. The zero-order valence-electron chi connectivity index (χ0n) is 18.8. The number of aliphatic hydroxyl groups excluding tert-OH is 1. The number of nitrogens with zero attached hydrogens (tertiary/aromatic N) is 2. The van der Waals surface area contributed by atoms with Gasteiger partial charge in [-0.2, -0.15) is 0 Å². The summed E-state index contributed by atoms with van der Waals surface area (Å²) in [5.41, 5.74) is 9.67. The quantitative estimate of drug-likeness (QED) is 0.539. The maximum atomic E-state index is 11.6. The van der Waals surface area contributed by atoms with Gasteiger partial charge in [-0.05, 0) is 72.9 Å². The molecule has 0 bridgehead atoms. The van der Waals surface area contributed by atoms with Crippen molar-refractivity contribution in [2.24, 2.45) is 5.73 Å². The molecule has 3 aromatic rings. The minimum Gasteiger partial charge on any atom is -0.496 e. The van der Waals surface area contributed by atoms with E-state index in [0.29, 0.717) is 11.6 Å². The number of likely N-dealkylation sites (tertiary alicyclic amines) is 1. The number of methoxy groups -OCH3 is 1. The Hall–Kier alpha value is -2.83. The van der Waals surface area contributed by atoms with Crippen molar-refractivity contribution in [1.29, 1.82) is 0 Å². The molecule has 6 nitrogen and oxygen atoms in total. The summed E-state index contributed by atoms with van der Waals surface area (Å²) in [6.45, 7) is 3.29. The minimum absolute atomic E-state index is 0.208. The van der Waals surface area contributed by atoms with E-state index in [1.807, 2.05) is 24.3 Å². The second kappa shape index (κ2) is 10.2. The van der Waals surface area contributed by atoms with Crippen LogP contribution in [-0.2, 0) is 12.8 Å². The SMILES string of the molecule is COc1cccc(CCCO)c1CCN1CCC(n2ccc3ccc(C(N)=O)cc32)CC1. The molecule has 32 heavy (non-hydrogen) atoms. The number of nitrogens with two attached hydrogens (primary N) is 1. The van der Waals surface area contributed by atoms with Crippen molar-refractivity contribution < 1.29 is 14.6 Å². The molecule has 2 aromatic carbocycles. The fourth-order valence-corrected chi connectivity index (χ4v) is 4.90. The van der Waals surface area contributed by atoms with Gasteiger partial charge in [-0.3, -0.25) is 4.79 Å². The van der Waals surface area contributed by atoms with Gasteiger partial charge in [-0.1, -0.05) is 18.2 Å². The van der Waals surface area contributed by atoms with E-state index in [0.717, 1.165) is 68.4 Å². The first-order chi connectivity index (χ1) is 15.6. The molecular weight excluding hydrogens is 402 g/mol. The number of ether oxygens (including phenoxy) is 1. The second-order valence-electron chi connectivity index (χ2n) is 8.61. The van der Waals surface area contributed by atoms with Crippen molar-refractivity contribution in [1.82, 2.24) is 9.47 Å². The first-order valence-corrected chi connectivity index (χ1v) is 11.5. The van der Waals surface area contributed by atoms with E-state index in [1.165, 1.54) is 11.1 Å². The van der Waals surface area contributed by atoms with Gasteiger partial charge in [0.15, 0.2) is 0 Å². The van der Waals surface area contributed by atoms with E-state index in [9.17, 15) is 9.90 Å². The number of amides is 1. The predicted molar refractivity (Wildman–Crippen MR) is 127 cm³/mol. The number of carbonyl (C=O) groups excluding carboxylic acids is 1. The van der Waals surface area contributed by atoms with E-state index in [2.05, 4.69) is 27.8 Å². The Morgan fingerprint density at radius 3 is 2.69 bits per heavy atom. The summed E-state index contributed by atoms with van der Waals surface area (Å²) >= 11 is 0. The standard InChI is InChI=1S/C26H33N3O3/c1-32-25-6-2-4-19(5-3-17-30)23(25)12-15-28-13-10-22(11-14-28)29-16-9-20-7-8-21(26(27)31)18-24(20)29/h2,4,6-9,16,18,22,30H,3,5,10-15,17H2,1H3,(H2,27,31). The van der Waals surface area contributed by atoms with Crippen LogP contribution in [-0.4, -0.2) is 53.8 Å². The predicted octanol–water partition coefficient (Wildman–Crippen LogP) is 3.55. The molecule has 1 amide bonds. The molecule has 0 saturated carbocycles. The van der Waals surface area contributed by atoms with E-state index >= 15 is 0 Å². The number of rotatable bonds is 9. The normalized spacial score (nSPS) is 15.3. The average Bonchev–Trinajstić information content (AvgIpc) is 3.25. The molecule has 170 valence electrons. The fourth-order valence-electron chi connectivity index (χ4n) is 4.90. The number of hydrogen-bond acceptors (Lipinski definition) is 4. The Labute approximate surface area is 189 Å². The number of benzene rings is 2. The smallest absolute Gasteiger partial charge is 0.248 e.